The molecule has 4 nitrogen and oxygen atoms in total. The summed E-state index contributed by atoms with van der Waals surface area (Å²) < 4.78 is 4.77. The van der Waals surface area contributed by atoms with Gasteiger partial charge in [-0.05, 0) is 26.3 Å². The molecule has 3 N–H and O–H groups in total. The Morgan fingerprint density at radius 1 is 1.82 bits per heavy atom. The van der Waals surface area contributed by atoms with Gasteiger partial charge in [0.05, 0.1) is 5.54 Å². The molecule has 1 amide bonds. The standard InChI is InChI=1S/C7H14N2O2/c1-7(3-2-4-8)5-11-6(10)9-7/h2-5,8H2,1H3,(H,9,10). The summed E-state index contributed by atoms with van der Waals surface area (Å²) in [5.74, 6) is 0. The maximum atomic E-state index is 10.7. The minimum atomic E-state index is -0.315. The zero-order valence-corrected chi connectivity index (χ0v) is 6.72. The topological polar surface area (TPSA) is 64.3 Å². The first kappa shape index (κ1) is 8.33. The number of nitrogens with one attached hydrogen (secondary N) is 1. The average molecular weight is 158 g/mol. The molecule has 0 aromatic rings. The van der Waals surface area contributed by atoms with Crippen LogP contribution in [-0.4, -0.2) is 24.8 Å². The molecule has 1 aliphatic rings. The number of carbonyl (C=O) groups excluding carboxylic acids is 1. The van der Waals surface area contributed by atoms with Gasteiger partial charge in [-0.3, -0.25) is 0 Å². The molecule has 64 valence electrons. The van der Waals surface area contributed by atoms with E-state index in [1.807, 2.05) is 6.92 Å². The molecule has 1 aliphatic heterocycles. The van der Waals surface area contributed by atoms with Crippen LogP contribution in [0.5, 0.6) is 0 Å². The summed E-state index contributed by atoms with van der Waals surface area (Å²) in [6.07, 6.45) is 1.49. The van der Waals surface area contributed by atoms with Gasteiger partial charge in [0.1, 0.15) is 6.61 Å². The molecule has 0 saturated carbocycles. The lowest BCUT2D eigenvalue weighted by Crippen LogP contribution is -2.40. The van der Waals surface area contributed by atoms with E-state index in [0.717, 1.165) is 12.8 Å². The number of hydrogen-bond acceptors (Lipinski definition) is 3. The number of ether oxygens (including phenoxy) is 1. The number of nitrogens with two attached hydrogens (primary N) is 1. The van der Waals surface area contributed by atoms with E-state index in [-0.39, 0.29) is 11.6 Å². The third kappa shape index (κ3) is 2.08. The van der Waals surface area contributed by atoms with E-state index in [4.69, 9.17) is 10.5 Å². The fraction of sp³-hybridized carbons (Fsp3) is 0.857. The van der Waals surface area contributed by atoms with Crippen LogP contribution in [0.15, 0.2) is 0 Å². The lowest BCUT2D eigenvalue weighted by Gasteiger charge is -2.19. The number of amides is 1. The Kier molecular flexibility index (Phi) is 2.34. The Morgan fingerprint density at radius 2 is 2.55 bits per heavy atom. The minimum absolute atomic E-state index is 0.184. The van der Waals surface area contributed by atoms with E-state index >= 15 is 0 Å². The Bertz CT molecular complexity index is 161. The molecular formula is C7H14N2O2. The second-order valence-corrected chi connectivity index (χ2v) is 3.15. The van der Waals surface area contributed by atoms with Gasteiger partial charge >= 0.3 is 6.09 Å². The van der Waals surface area contributed by atoms with Gasteiger partial charge in [-0.15, -0.1) is 0 Å². The minimum Gasteiger partial charge on any atom is -0.447 e. The maximum absolute atomic E-state index is 10.7. The number of cyclic esters (lactones) is 1. The van der Waals surface area contributed by atoms with Crippen molar-refractivity contribution in [2.75, 3.05) is 13.2 Å². The van der Waals surface area contributed by atoms with E-state index < -0.39 is 0 Å². The zero-order valence-electron chi connectivity index (χ0n) is 6.72. The van der Waals surface area contributed by atoms with E-state index in [9.17, 15) is 4.79 Å². The Hall–Kier alpha value is -0.770. The highest BCUT2D eigenvalue weighted by Gasteiger charge is 2.33. The van der Waals surface area contributed by atoms with E-state index in [1.54, 1.807) is 0 Å². The number of carbonyl (C=O) groups is 1. The Morgan fingerprint density at radius 3 is 3.00 bits per heavy atom. The molecule has 0 radical (unpaired) electrons. The largest absolute Gasteiger partial charge is 0.447 e. The van der Waals surface area contributed by atoms with Gasteiger partial charge < -0.3 is 15.8 Å². The van der Waals surface area contributed by atoms with Gasteiger partial charge in [-0.2, -0.15) is 0 Å². The molecule has 1 saturated heterocycles. The average Bonchev–Trinajstić information content (AvgIpc) is 2.28. The summed E-state index contributed by atoms with van der Waals surface area (Å²) >= 11 is 0. The van der Waals surface area contributed by atoms with Gasteiger partial charge in [-0.25, -0.2) is 4.79 Å². The first-order chi connectivity index (χ1) is 5.16. The molecule has 4 heteroatoms. The van der Waals surface area contributed by atoms with E-state index in [2.05, 4.69) is 5.32 Å². The van der Waals surface area contributed by atoms with Gasteiger partial charge in [0.25, 0.3) is 0 Å². The van der Waals surface area contributed by atoms with E-state index in [1.165, 1.54) is 0 Å². The Labute approximate surface area is 66.1 Å². The lowest BCUT2D eigenvalue weighted by molar-refractivity contribution is 0.172. The zero-order chi connectivity index (χ0) is 8.32. The molecule has 0 bridgehead atoms. The molecule has 0 aliphatic carbocycles. The summed E-state index contributed by atoms with van der Waals surface area (Å²) in [7, 11) is 0. The van der Waals surface area contributed by atoms with Gasteiger partial charge in [0, 0.05) is 0 Å². The lowest BCUT2D eigenvalue weighted by atomic mass is 9.98. The van der Waals surface area contributed by atoms with Crippen molar-refractivity contribution in [1.82, 2.24) is 5.32 Å². The van der Waals surface area contributed by atoms with Crippen LogP contribution in [0.4, 0.5) is 4.79 Å². The SMILES string of the molecule is CC1(CCCN)COC(=O)N1. The number of hydrogen-bond donors (Lipinski definition) is 2. The Balaban J connectivity index is 2.35. The molecule has 1 atom stereocenters. The van der Waals surface area contributed by atoms with Crippen LogP contribution in [0.1, 0.15) is 19.8 Å². The van der Waals surface area contributed by atoms with Crippen LogP contribution in [0, 0.1) is 0 Å². The maximum Gasteiger partial charge on any atom is 0.407 e. The fourth-order valence-electron chi connectivity index (χ4n) is 1.17. The second kappa shape index (κ2) is 3.09. The molecule has 1 rings (SSSR count). The first-order valence-electron chi connectivity index (χ1n) is 3.81. The highest BCUT2D eigenvalue weighted by atomic mass is 16.6. The third-order valence-electron chi connectivity index (χ3n) is 1.86. The first-order valence-corrected chi connectivity index (χ1v) is 3.81. The normalized spacial score (nSPS) is 29.8. The van der Waals surface area contributed by atoms with Crippen molar-refractivity contribution in [3.8, 4) is 0 Å². The summed E-state index contributed by atoms with van der Waals surface area (Å²) in [6, 6.07) is 0. The van der Waals surface area contributed by atoms with Crippen molar-refractivity contribution >= 4 is 6.09 Å². The summed E-state index contributed by atoms with van der Waals surface area (Å²) in [5, 5.41) is 2.75. The van der Waals surface area contributed by atoms with E-state index in [0.29, 0.717) is 13.2 Å². The van der Waals surface area contributed by atoms with Crippen LogP contribution < -0.4 is 11.1 Å². The van der Waals surface area contributed by atoms with Crippen molar-refractivity contribution < 1.29 is 9.53 Å². The van der Waals surface area contributed by atoms with Crippen LogP contribution in [0.25, 0.3) is 0 Å². The van der Waals surface area contributed by atoms with Crippen LogP contribution >= 0.6 is 0 Å². The number of alkyl carbamates (subject to hydrolysis) is 1. The molecule has 0 spiro atoms. The van der Waals surface area contributed by atoms with Crippen molar-refractivity contribution in [2.24, 2.45) is 5.73 Å². The van der Waals surface area contributed by atoms with Gasteiger partial charge in [0.2, 0.25) is 0 Å². The third-order valence-corrected chi connectivity index (χ3v) is 1.86. The van der Waals surface area contributed by atoms with Crippen molar-refractivity contribution in [2.45, 2.75) is 25.3 Å². The summed E-state index contributed by atoms with van der Waals surface area (Å²) in [6.45, 7) is 3.09. The molecule has 1 fully saturated rings. The van der Waals surface area contributed by atoms with Crippen molar-refractivity contribution in [1.29, 1.82) is 0 Å². The molecule has 11 heavy (non-hydrogen) atoms. The molecular weight excluding hydrogens is 144 g/mol. The quantitative estimate of drug-likeness (QED) is 0.617. The molecule has 0 aromatic heterocycles. The van der Waals surface area contributed by atoms with Crippen molar-refractivity contribution in [3.05, 3.63) is 0 Å². The van der Waals surface area contributed by atoms with Crippen LogP contribution in [0.2, 0.25) is 0 Å². The smallest absolute Gasteiger partial charge is 0.407 e. The van der Waals surface area contributed by atoms with Crippen molar-refractivity contribution in [3.63, 3.8) is 0 Å². The van der Waals surface area contributed by atoms with Gasteiger partial charge in [-0.1, -0.05) is 0 Å². The summed E-state index contributed by atoms with van der Waals surface area (Å²) in [5.41, 5.74) is 5.16. The van der Waals surface area contributed by atoms with Crippen LogP contribution in [-0.2, 0) is 4.74 Å². The number of rotatable bonds is 3. The molecule has 1 heterocycles. The predicted octanol–water partition coefficient (Wildman–Crippen LogP) is 0.224. The van der Waals surface area contributed by atoms with Crippen LogP contribution in [0.3, 0.4) is 0 Å². The second-order valence-electron chi connectivity index (χ2n) is 3.15. The fourth-order valence-corrected chi connectivity index (χ4v) is 1.17. The monoisotopic (exact) mass is 158 g/mol. The molecule has 0 aromatic carbocycles. The molecule has 1 unspecified atom stereocenters. The summed E-state index contributed by atoms with van der Waals surface area (Å²) in [4.78, 5) is 10.7. The highest BCUT2D eigenvalue weighted by molar-refractivity contribution is 5.70. The highest BCUT2D eigenvalue weighted by Crippen LogP contribution is 2.17. The van der Waals surface area contributed by atoms with Gasteiger partial charge in [0.15, 0.2) is 0 Å². The predicted molar refractivity (Wildman–Crippen MR) is 41.2 cm³/mol.